The summed E-state index contributed by atoms with van der Waals surface area (Å²) in [6, 6.07) is 3.72. The van der Waals surface area contributed by atoms with Gasteiger partial charge in [-0.3, -0.25) is 14.5 Å². The zero-order valence-electron chi connectivity index (χ0n) is 15.8. The number of amides is 4. The topological polar surface area (TPSA) is 69.7 Å². The number of hydrogen-bond donors (Lipinski definition) is 1. The molecule has 1 aromatic rings. The van der Waals surface area contributed by atoms with Gasteiger partial charge in [-0.25, -0.2) is 4.79 Å². The van der Waals surface area contributed by atoms with Gasteiger partial charge in [0.25, 0.3) is 5.91 Å². The lowest BCUT2D eigenvalue weighted by atomic mass is 9.75. The lowest BCUT2D eigenvalue weighted by molar-refractivity contribution is -0.140. The molecule has 1 unspecified atom stereocenters. The van der Waals surface area contributed by atoms with Crippen LogP contribution in [0.3, 0.4) is 0 Å². The van der Waals surface area contributed by atoms with Crippen molar-refractivity contribution in [3.8, 4) is 0 Å². The molecule has 27 heavy (non-hydrogen) atoms. The number of thiophene rings is 1. The number of nitrogens with zero attached hydrogens (tertiary/aromatic N) is 2. The molecule has 0 bridgehead atoms. The average molecular weight is 390 g/mol. The van der Waals surface area contributed by atoms with E-state index in [0.717, 1.165) is 37.0 Å². The first-order valence-electron chi connectivity index (χ1n) is 10.0. The molecule has 4 amide bonds. The maximum absolute atomic E-state index is 13.0. The molecule has 7 heteroatoms. The largest absolute Gasteiger partial charge is 0.333 e. The molecular formula is C20H27N3O3S. The molecule has 0 aromatic carbocycles. The van der Waals surface area contributed by atoms with Crippen molar-refractivity contribution in [2.75, 3.05) is 13.1 Å². The number of urea groups is 1. The fourth-order valence-corrected chi connectivity index (χ4v) is 5.68. The summed E-state index contributed by atoms with van der Waals surface area (Å²) < 4.78 is 0. The van der Waals surface area contributed by atoms with E-state index in [2.05, 4.69) is 18.3 Å². The molecule has 1 aliphatic carbocycles. The molecule has 2 saturated heterocycles. The third-order valence-corrected chi connectivity index (χ3v) is 7.49. The monoisotopic (exact) mass is 389 g/mol. The van der Waals surface area contributed by atoms with Gasteiger partial charge in [-0.15, -0.1) is 11.3 Å². The molecule has 3 aliphatic rings. The van der Waals surface area contributed by atoms with Gasteiger partial charge in [-0.05, 0) is 55.9 Å². The Morgan fingerprint density at radius 2 is 2.07 bits per heavy atom. The van der Waals surface area contributed by atoms with E-state index in [-0.39, 0.29) is 24.4 Å². The van der Waals surface area contributed by atoms with Crippen LogP contribution >= 0.6 is 11.3 Å². The minimum Gasteiger partial charge on any atom is -0.333 e. The highest BCUT2D eigenvalue weighted by Crippen LogP contribution is 2.38. The summed E-state index contributed by atoms with van der Waals surface area (Å²) in [6.45, 7) is 2.71. The quantitative estimate of drug-likeness (QED) is 0.803. The lowest BCUT2D eigenvalue weighted by Crippen LogP contribution is -2.50. The van der Waals surface area contributed by atoms with Crippen LogP contribution in [0.1, 0.15) is 62.8 Å². The maximum atomic E-state index is 13.0. The van der Waals surface area contributed by atoms with E-state index in [4.69, 9.17) is 0 Å². The predicted octanol–water partition coefficient (Wildman–Crippen LogP) is 3.30. The van der Waals surface area contributed by atoms with Crippen LogP contribution in [-0.4, -0.2) is 46.3 Å². The van der Waals surface area contributed by atoms with E-state index in [1.165, 1.54) is 4.88 Å². The third kappa shape index (κ3) is 3.26. The van der Waals surface area contributed by atoms with Gasteiger partial charge in [-0.1, -0.05) is 19.4 Å². The Balaban J connectivity index is 1.44. The van der Waals surface area contributed by atoms with Crippen LogP contribution in [0.15, 0.2) is 17.5 Å². The fraction of sp³-hybridized carbons (Fsp3) is 0.650. The molecule has 1 aromatic heterocycles. The van der Waals surface area contributed by atoms with Gasteiger partial charge in [0.15, 0.2) is 0 Å². The number of carbonyl (C=O) groups excluding carboxylic acids is 3. The van der Waals surface area contributed by atoms with Crippen LogP contribution < -0.4 is 5.32 Å². The fourth-order valence-electron chi connectivity index (χ4n) is 4.81. The predicted molar refractivity (Wildman–Crippen MR) is 103 cm³/mol. The van der Waals surface area contributed by atoms with Gasteiger partial charge in [0.2, 0.25) is 5.91 Å². The highest BCUT2D eigenvalue weighted by atomic mass is 32.1. The van der Waals surface area contributed by atoms with Crippen molar-refractivity contribution in [1.82, 2.24) is 15.1 Å². The Bertz CT molecular complexity index is 725. The van der Waals surface area contributed by atoms with Crippen molar-refractivity contribution in [1.29, 1.82) is 0 Å². The van der Waals surface area contributed by atoms with E-state index in [9.17, 15) is 14.4 Å². The van der Waals surface area contributed by atoms with Gasteiger partial charge >= 0.3 is 6.03 Å². The zero-order chi connectivity index (χ0) is 19.0. The molecule has 3 fully saturated rings. The summed E-state index contributed by atoms with van der Waals surface area (Å²) in [7, 11) is 0. The Kier molecular flexibility index (Phi) is 4.97. The minimum absolute atomic E-state index is 0.0761. The van der Waals surface area contributed by atoms with Crippen LogP contribution in [0.5, 0.6) is 0 Å². The van der Waals surface area contributed by atoms with Crippen molar-refractivity contribution in [3.05, 3.63) is 22.4 Å². The highest BCUT2D eigenvalue weighted by Gasteiger charge is 2.53. The summed E-state index contributed by atoms with van der Waals surface area (Å²) in [5.41, 5.74) is -0.777. The second-order valence-electron chi connectivity index (χ2n) is 8.02. The smallest absolute Gasteiger partial charge is 0.325 e. The molecule has 1 N–H and O–H groups in total. The van der Waals surface area contributed by atoms with Crippen molar-refractivity contribution in [2.24, 2.45) is 5.92 Å². The number of likely N-dealkylation sites (tertiary alicyclic amines) is 1. The summed E-state index contributed by atoms with van der Waals surface area (Å²) in [5, 5.41) is 4.94. The number of imide groups is 1. The molecule has 2 aliphatic heterocycles. The van der Waals surface area contributed by atoms with Crippen LogP contribution in [0, 0.1) is 5.92 Å². The molecular weight excluding hydrogens is 362 g/mol. The molecule has 1 spiro atoms. The molecule has 0 radical (unpaired) electrons. The Morgan fingerprint density at radius 3 is 2.74 bits per heavy atom. The maximum Gasteiger partial charge on any atom is 0.325 e. The highest BCUT2D eigenvalue weighted by molar-refractivity contribution is 7.10. The number of carbonyl (C=O) groups is 3. The second-order valence-corrected chi connectivity index (χ2v) is 9.00. The molecule has 1 atom stereocenters. The Labute approximate surface area is 163 Å². The zero-order valence-corrected chi connectivity index (χ0v) is 16.6. The van der Waals surface area contributed by atoms with Gasteiger partial charge in [0, 0.05) is 11.4 Å². The first kappa shape index (κ1) is 18.5. The van der Waals surface area contributed by atoms with Crippen LogP contribution in [0.4, 0.5) is 4.79 Å². The van der Waals surface area contributed by atoms with Crippen LogP contribution in [0.25, 0.3) is 0 Å². The Hall–Kier alpha value is -1.89. The van der Waals surface area contributed by atoms with Crippen molar-refractivity contribution >= 4 is 29.2 Å². The first-order valence-corrected chi connectivity index (χ1v) is 10.9. The molecule has 4 rings (SSSR count). The molecule has 146 valence electrons. The normalized spacial score (nSPS) is 31.0. The molecule has 6 nitrogen and oxygen atoms in total. The van der Waals surface area contributed by atoms with Crippen molar-refractivity contribution < 1.29 is 14.4 Å². The van der Waals surface area contributed by atoms with E-state index < -0.39 is 11.6 Å². The Morgan fingerprint density at radius 1 is 1.30 bits per heavy atom. The number of nitrogens with one attached hydrogen (secondary N) is 1. The SMILES string of the molecule is CCC1CCC2(CC1)NC(=O)N(CC(=O)N1CCCC1c1cccs1)C2=O. The third-order valence-electron chi connectivity index (χ3n) is 6.52. The van der Waals surface area contributed by atoms with Crippen molar-refractivity contribution in [2.45, 2.75) is 63.5 Å². The van der Waals surface area contributed by atoms with E-state index in [1.807, 2.05) is 16.3 Å². The van der Waals surface area contributed by atoms with Crippen LogP contribution in [0.2, 0.25) is 0 Å². The molecule has 1 saturated carbocycles. The van der Waals surface area contributed by atoms with Gasteiger partial charge in [0.1, 0.15) is 12.1 Å². The summed E-state index contributed by atoms with van der Waals surface area (Å²) in [4.78, 5) is 42.6. The van der Waals surface area contributed by atoms with E-state index in [1.54, 1.807) is 11.3 Å². The standard InChI is InChI=1S/C20H27N3O3S/c1-2-14-7-9-20(10-8-14)18(25)23(19(26)21-20)13-17(24)22-11-3-5-15(22)16-6-4-12-27-16/h4,6,12,14-15H,2-3,5,7-11,13H2,1H3,(H,21,26). The second kappa shape index (κ2) is 7.26. The summed E-state index contributed by atoms with van der Waals surface area (Å²) in [6.07, 6.45) is 6.28. The number of hydrogen-bond acceptors (Lipinski definition) is 4. The average Bonchev–Trinajstić information content (AvgIpc) is 3.39. The molecule has 3 heterocycles. The van der Waals surface area contributed by atoms with Crippen molar-refractivity contribution in [3.63, 3.8) is 0 Å². The van der Waals surface area contributed by atoms with E-state index >= 15 is 0 Å². The summed E-state index contributed by atoms with van der Waals surface area (Å²) >= 11 is 1.65. The lowest BCUT2D eigenvalue weighted by Gasteiger charge is -2.34. The number of rotatable bonds is 4. The van der Waals surface area contributed by atoms with Gasteiger partial charge < -0.3 is 10.2 Å². The first-order chi connectivity index (χ1) is 13.0. The van der Waals surface area contributed by atoms with Crippen LogP contribution in [-0.2, 0) is 9.59 Å². The van der Waals surface area contributed by atoms with Gasteiger partial charge in [-0.2, -0.15) is 0 Å². The van der Waals surface area contributed by atoms with Gasteiger partial charge in [0.05, 0.1) is 6.04 Å². The minimum atomic E-state index is -0.777. The van der Waals surface area contributed by atoms with E-state index in [0.29, 0.717) is 25.3 Å². The summed E-state index contributed by atoms with van der Waals surface area (Å²) in [5.74, 6) is 0.295.